The van der Waals surface area contributed by atoms with E-state index in [9.17, 15) is 9.90 Å². The summed E-state index contributed by atoms with van der Waals surface area (Å²) >= 11 is 0. The minimum atomic E-state index is -0.444. The van der Waals surface area contributed by atoms with Crippen molar-refractivity contribution in [2.24, 2.45) is 0 Å². The second kappa shape index (κ2) is 7.68. The largest absolute Gasteiger partial charge is 0.400 e. The number of likely N-dealkylation sites (N-methyl/N-ethyl adjacent to an activating group) is 1. The van der Waals surface area contributed by atoms with Crippen LogP contribution in [0.3, 0.4) is 0 Å². The molecule has 0 aromatic heterocycles. The van der Waals surface area contributed by atoms with Crippen molar-refractivity contribution in [2.75, 3.05) is 33.9 Å². The zero-order valence-corrected chi connectivity index (χ0v) is 11.1. The van der Waals surface area contributed by atoms with Gasteiger partial charge in [0.1, 0.15) is 0 Å². The van der Waals surface area contributed by atoms with Crippen LogP contribution in [0.25, 0.3) is 0 Å². The summed E-state index contributed by atoms with van der Waals surface area (Å²) < 4.78 is 5.21. The molecule has 0 aromatic rings. The summed E-state index contributed by atoms with van der Waals surface area (Å²) in [6, 6.07) is -0.0377. The highest BCUT2D eigenvalue weighted by atomic mass is 16.5. The van der Waals surface area contributed by atoms with Gasteiger partial charge in [0.25, 0.3) is 0 Å². The molecule has 0 saturated carbocycles. The lowest BCUT2D eigenvalue weighted by molar-refractivity contribution is -0.127. The van der Waals surface area contributed by atoms with Gasteiger partial charge in [0, 0.05) is 7.11 Å². The molecule has 0 aromatic carbocycles. The normalized spacial score (nSPS) is 32.6. The quantitative estimate of drug-likeness (QED) is 0.590. The number of carbonyl (C=O) groups excluding carboxylic acids is 1. The van der Waals surface area contributed by atoms with E-state index in [1.54, 1.807) is 0 Å². The van der Waals surface area contributed by atoms with Crippen molar-refractivity contribution in [3.8, 4) is 0 Å². The number of ether oxygens (including phenoxy) is 1. The lowest BCUT2D eigenvalue weighted by Crippen LogP contribution is -2.50. The Balaban J connectivity index is 0.000000771. The lowest BCUT2D eigenvalue weighted by Gasteiger charge is -2.29. The SMILES string of the molecule is CN1CCCC1C(=O)NC1COCC(O)C1.CO. The van der Waals surface area contributed by atoms with E-state index in [1.807, 2.05) is 7.05 Å². The molecule has 3 atom stereocenters. The van der Waals surface area contributed by atoms with Gasteiger partial charge in [-0.25, -0.2) is 0 Å². The molecule has 6 heteroatoms. The number of nitrogens with zero attached hydrogens (tertiary/aromatic N) is 1. The zero-order valence-electron chi connectivity index (χ0n) is 11.1. The number of amides is 1. The molecule has 0 aliphatic carbocycles. The van der Waals surface area contributed by atoms with E-state index in [-0.39, 0.29) is 18.0 Å². The van der Waals surface area contributed by atoms with Crippen LogP contribution < -0.4 is 5.32 Å². The van der Waals surface area contributed by atoms with Gasteiger partial charge in [0.2, 0.25) is 5.91 Å². The van der Waals surface area contributed by atoms with Crippen LogP contribution in [0.4, 0.5) is 0 Å². The minimum absolute atomic E-state index is 0.000862. The molecule has 0 radical (unpaired) electrons. The Labute approximate surface area is 108 Å². The fourth-order valence-corrected chi connectivity index (χ4v) is 2.45. The van der Waals surface area contributed by atoms with E-state index in [4.69, 9.17) is 9.84 Å². The maximum Gasteiger partial charge on any atom is 0.237 e. The van der Waals surface area contributed by atoms with Crippen molar-refractivity contribution in [3.63, 3.8) is 0 Å². The zero-order chi connectivity index (χ0) is 13.5. The first-order valence-corrected chi connectivity index (χ1v) is 6.38. The van der Waals surface area contributed by atoms with Crippen LogP contribution in [0.1, 0.15) is 19.3 Å². The predicted octanol–water partition coefficient (Wildman–Crippen LogP) is -1.04. The summed E-state index contributed by atoms with van der Waals surface area (Å²) in [6.07, 6.45) is 2.17. The predicted molar refractivity (Wildman–Crippen MR) is 67.2 cm³/mol. The molecule has 0 spiro atoms. The van der Waals surface area contributed by atoms with Gasteiger partial charge < -0.3 is 20.3 Å². The molecule has 106 valence electrons. The Morgan fingerprint density at radius 2 is 2.11 bits per heavy atom. The van der Waals surface area contributed by atoms with Gasteiger partial charge in [-0.1, -0.05) is 0 Å². The molecule has 6 nitrogen and oxygen atoms in total. The summed E-state index contributed by atoms with van der Waals surface area (Å²) in [7, 11) is 2.98. The molecule has 2 rings (SSSR count). The van der Waals surface area contributed by atoms with Crippen molar-refractivity contribution in [1.82, 2.24) is 10.2 Å². The molecular formula is C12H24N2O4. The van der Waals surface area contributed by atoms with Gasteiger partial charge in [0.15, 0.2) is 0 Å². The van der Waals surface area contributed by atoms with E-state index in [1.165, 1.54) is 0 Å². The summed E-state index contributed by atoms with van der Waals surface area (Å²) in [4.78, 5) is 14.0. The lowest BCUT2D eigenvalue weighted by atomic mass is 10.1. The number of nitrogens with one attached hydrogen (secondary N) is 1. The average Bonchev–Trinajstić information content (AvgIpc) is 2.78. The van der Waals surface area contributed by atoms with Gasteiger partial charge in [-0.3, -0.25) is 9.69 Å². The third kappa shape index (κ3) is 4.20. The summed E-state index contributed by atoms with van der Waals surface area (Å²) in [5.74, 6) is 0.0719. The average molecular weight is 260 g/mol. The highest BCUT2D eigenvalue weighted by Gasteiger charge is 2.30. The number of carbonyl (C=O) groups is 1. The van der Waals surface area contributed by atoms with E-state index in [2.05, 4.69) is 10.2 Å². The Kier molecular flexibility index (Phi) is 6.56. The molecule has 2 aliphatic rings. The Morgan fingerprint density at radius 1 is 1.39 bits per heavy atom. The maximum absolute atomic E-state index is 11.9. The number of hydrogen-bond donors (Lipinski definition) is 3. The summed E-state index contributed by atoms with van der Waals surface area (Å²) in [5, 5.41) is 19.4. The van der Waals surface area contributed by atoms with E-state index >= 15 is 0 Å². The molecule has 3 unspecified atom stereocenters. The highest BCUT2D eigenvalue weighted by molar-refractivity contribution is 5.82. The second-order valence-electron chi connectivity index (χ2n) is 4.77. The first-order chi connectivity index (χ1) is 8.66. The van der Waals surface area contributed by atoms with Crippen LogP contribution in [0.2, 0.25) is 0 Å². The summed E-state index contributed by atoms with van der Waals surface area (Å²) in [6.45, 7) is 1.89. The van der Waals surface area contributed by atoms with Crippen molar-refractivity contribution in [1.29, 1.82) is 0 Å². The van der Waals surface area contributed by atoms with E-state index in [0.29, 0.717) is 19.6 Å². The number of rotatable bonds is 2. The number of aliphatic hydroxyl groups is 2. The minimum Gasteiger partial charge on any atom is -0.400 e. The van der Waals surface area contributed by atoms with Crippen LogP contribution in [0, 0.1) is 0 Å². The standard InChI is InChI=1S/C11H20N2O3.CH4O/c1-13-4-2-3-10(13)11(15)12-8-5-9(14)7-16-6-8;1-2/h8-10,14H,2-7H2,1H3,(H,12,15);2H,1H3. The maximum atomic E-state index is 11.9. The van der Waals surface area contributed by atoms with Gasteiger partial charge in [0.05, 0.1) is 31.4 Å². The van der Waals surface area contributed by atoms with Crippen LogP contribution in [-0.4, -0.2) is 73.1 Å². The van der Waals surface area contributed by atoms with Crippen molar-refractivity contribution >= 4 is 5.91 Å². The molecule has 1 amide bonds. The topological polar surface area (TPSA) is 82.0 Å². The number of likely N-dealkylation sites (tertiary alicyclic amines) is 1. The van der Waals surface area contributed by atoms with Crippen molar-refractivity contribution < 1.29 is 19.7 Å². The molecule has 2 aliphatic heterocycles. The summed E-state index contributed by atoms with van der Waals surface area (Å²) in [5.41, 5.74) is 0. The smallest absolute Gasteiger partial charge is 0.237 e. The van der Waals surface area contributed by atoms with Gasteiger partial charge in [-0.15, -0.1) is 0 Å². The number of aliphatic hydroxyl groups excluding tert-OH is 2. The second-order valence-corrected chi connectivity index (χ2v) is 4.77. The van der Waals surface area contributed by atoms with Crippen LogP contribution in [0.15, 0.2) is 0 Å². The third-order valence-electron chi connectivity index (χ3n) is 3.36. The molecule has 2 saturated heterocycles. The number of hydrogen-bond acceptors (Lipinski definition) is 5. The molecule has 3 N–H and O–H groups in total. The van der Waals surface area contributed by atoms with Crippen LogP contribution >= 0.6 is 0 Å². The molecule has 0 bridgehead atoms. The molecule has 2 heterocycles. The van der Waals surface area contributed by atoms with E-state index in [0.717, 1.165) is 26.5 Å². The third-order valence-corrected chi connectivity index (χ3v) is 3.36. The highest BCUT2D eigenvalue weighted by Crippen LogP contribution is 2.15. The first kappa shape index (κ1) is 15.4. The van der Waals surface area contributed by atoms with Gasteiger partial charge in [-0.05, 0) is 32.9 Å². The monoisotopic (exact) mass is 260 g/mol. The fraction of sp³-hybridized carbons (Fsp3) is 0.917. The molecule has 18 heavy (non-hydrogen) atoms. The van der Waals surface area contributed by atoms with Gasteiger partial charge >= 0.3 is 0 Å². The van der Waals surface area contributed by atoms with Crippen LogP contribution in [0.5, 0.6) is 0 Å². The fourth-order valence-electron chi connectivity index (χ4n) is 2.45. The Morgan fingerprint density at radius 3 is 2.67 bits per heavy atom. The van der Waals surface area contributed by atoms with Gasteiger partial charge in [-0.2, -0.15) is 0 Å². The first-order valence-electron chi connectivity index (χ1n) is 6.38. The van der Waals surface area contributed by atoms with Crippen LogP contribution in [-0.2, 0) is 9.53 Å². The van der Waals surface area contributed by atoms with Crippen molar-refractivity contribution in [3.05, 3.63) is 0 Å². The van der Waals surface area contributed by atoms with Crippen molar-refractivity contribution in [2.45, 2.75) is 37.5 Å². The molecular weight excluding hydrogens is 236 g/mol. The molecule has 2 fully saturated rings. The Hall–Kier alpha value is -0.690. The Bertz CT molecular complexity index is 262. The van der Waals surface area contributed by atoms with E-state index < -0.39 is 6.10 Å².